The molecule has 0 aliphatic rings. The third kappa shape index (κ3) is 6.13. The maximum atomic E-state index is 14.1. The number of alkyl halides is 3. The van der Waals surface area contributed by atoms with E-state index in [1.807, 2.05) is 0 Å². The highest BCUT2D eigenvalue weighted by Gasteiger charge is 2.32. The van der Waals surface area contributed by atoms with Gasteiger partial charge in [0.25, 0.3) is 11.5 Å². The predicted octanol–water partition coefficient (Wildman–Crippen LogP) is 3.73. The van der Waals surface area contributed by atoms with Gasteiger partial charge in [-0.3, -0.25) is 9.59 Å². The monoisotopic (exact) mass is 469 g/mol. The Balaban J connectivity index is 1.88. The van der Waals surface area contributed by atoms with Gasteiger partial charge in [0, 0.05) is 13.2 Å². The summed E-state index contributed by atoms with van der Waals surface area (Å²) in [6.45, 7) is -0.186. The molecule has 12 heteroatoms. The van der Waals surface area contributed by atoms with Gasteiger partial charge in [0.2, 0.25) is 0 Å². The Morgan fingerprint density at radius 2 is 1.85 bits per heavy atom. The van der Waals surface area contributed by atoms with Crippen molar-refractivity contribution in [2.75, 3.05) is 13.7 Å². The van der Waals surface area contributed by atoms with Crippen LogP contribution in [0.5, 0.6) is 5.75 Å². The molecule has 0 aliphatic carbocycles. The number of halogens is 5. The number of nitrogens with zero attached hydrogens (tertiary/aromatic N) is 1. The molecule has 174 valence electrons. The molecule has 2 N–H and O–H groups in total. The lowest BCUT2D eigenvalue weighted by Crippen LogP contribution is -2.33. The summed E-state index contributed by atoms with van der Waals surface area (Å²) in [6, 6.07) is 7.95. The van der Waals surface area contributed by atoms with Gasteiger partial charge in [0.05, 0.1) is 18.2 Å². The maximum absolute atomic E-state index is 14.1. The number of carbonyl (C=O) groups is 1. The molecule has 1 heterocycles. The van der Waals surface area contributed by atoms with Gasteiger partial charge in [-0.2, -0.15) is 0 Å². The van der Waals surface area contributed by atoms with Crippen LogP contribution in [0.25, 0.3) is 11.4 Å². The van der Waals surface area contributed by atoms with Crippen LogP contribution in [-0.2, 0) is 4.74 Å². The number of hydrogen-bond donors (Lipinski definition) is 2. The number of nitrogens with one attached hydrogen (secondary N) is 2. The highest BCUT2D eigenvalue weighted by molar-refractivity contribution is 5.92. The van der Waals surface area contributed by atoms with Crippen LogP contribution in [0.4, 0.5) is 22.0 Å². The summed E-state index contributed by atoms with van der Waals surface area (Å²) in [7, 11) is 1.29. The fourth-order valence-electron chi connectivity index (χ4n) is 2.92. The molecule has 2 aromatic carbocycles. The Labute approximate surface area is 183 Å². The van der Waals surface area contributed by atoms with Crippen LogP contribution < -0.4 is 15.6 Å². The van der Waals surface area contributed by atoms with E-state index in [-0.39, 0.29) is 29.3 Å². The summed E-state index contributed by atoms with van der Waals surface area (Å²) in [4.78, 5) is 31.0. The van der Waals surface area contributed by atoms with E-state index in [1.54, 1.807) is 0 Å². The summed E-state index contributed by atoms with van der Waals surface area (Å²) < 4.78 is 73.8. The van der Waals surface area contributed by atoms with Crippen molar-refractivity contribution in [3.8, 4) is 17.1 Å². The number of rotatable bonds is 7. The summed E-state index contributed by atoms with van der Waals surface area (Å²) in [5.41, 5.74) is -1.07. The number of ether oxygens (including phenoxy) is 2. The average Bonchev–Trinajstić information content (AvgIpc) is 2.74. The van der Waals surface area contributed by atoms with Crippen LogP contribution in [0.3, 0.4) is 0 Å². The standard InChI is InChI=1S/C21H16F5N3O4/c1-32-10-16(11-6-7-17(14(23)8-11)33-21(24,25)26)28-20(31)15-9-18(30)29-19(27-15)12-4-2-3-5-13(12)22/h2-9,16H,10H2,1H3,(H,28,31)(H,27,29,30)/t16-/m1/s1. The second-order valence-corrected chi connectivity index (χ2v) is 6.68. The number of methoxy groups -OCH3 is 1. The lowest BCUT2D eigenvalue weighted by Gasteiger charge is -2.19. The van der Waals surface area contributed by atoms with Crippen molar-refractivity contribution in [1.82, 2.24) is 15.3 Å². The number of H-pyrrole nitrogens is 1. The molecule has 0 aliphatic heterocycles. The third-order valence-electron chi connectivity index (χ3n) is 4.33. The zero-order chi connectivity index (χ0) is 24.2. The fraction of sp³-hybridized carbons (Fsp3) is 0.190. The fourth-order valence-corrected chi connectivity index (χ4v) is 2.92. The van der Waals surface area contributed by atoms with E-state index >= 15 is 0 Å². The normalized spacial score (nSPS) is 12.3. The Morgan fingerprint density at radius 1 is 1.12 bits per heavy atom. The first-order chi connectivity index (χ1) is 15.6. The maximum Gasteiger partial charge on any atom is 0.573 e. The molecule has 0 saturated heterocycles. The van der Waals surface area contributed by atoms with Gasteiger partial charge in [-0.15, -0.1) is 13.2 Å². The van der Waals surface area contributed by atoms with Crippen LogP contribution in [-0.4, -0.2) is 36.0 Å². The minimum atomic E-state index is -5.08. The van der Waals surface area contributed by atoms with Gasteiger partial charge in [-0.25, -0.2) is 13.8 Å². The lowest BCUT2D eigenvalue weighted by atomic mass is 10.1. The van der Waals surface area contributed by atoms with Gasteiger partial charge >= 0.3 is 6.36 Å². The SMILES string of the molecule is COC[C@@H](NC(=O)c1cc(=O)[nH]c(-c2ccccc2F)n1)c1ccc(OC(F)(F)F)c(F)c1. The molecule has 0 spiro atoms. The van der Waals surface area contributed by atoms with Crippen LogP contribution in [0.2, 0.25) is 0 Å². The molecule has 0 unspecified atom stereocenters. The first-order valence-electron chi connectivity index (χ1n) is 9.28. The Bertz CT molecular complexity index is 1210. The zero-order valence-electron chi connectivity index (χ0n) is 16.9. The number of amides is 1. The average molecular weight is 469 g/mol. The molecule has 1 amide bonds. The molecule has 3 aromatic rings. The molecule has 3 rings (SSSR count). The van der Waals surface area contributed by atoms with Crippen LogP contribution >= 0.6 is 0 Å². The van der Waals surface area contributed by atoms with E-state index in [1.165, 1.54) is 25.3 Å². The van der Waals surface area contributed by atoms with Crippen molar-refractivity contribution in [2.24, 2.45) is 0 Å². The summed E-state index contributed by atoms with van der Waals surface area (Å²) >= 11 is 0. The molecule has 1 aromatic heterocycles. The molecular weight excluding hydrogens is 453 g/mol. The Hall–Kier alpha value is -3.80. The summed E-state index contributed by atoms with van der Waals surface area (Å²) in [6.07, 6.45) is -5.08. The second kappa shape index (κ2) is 9.77. The predicted molar refractivity (Wildman–Crippen MR) is 105 cm³/mol. The summed E-state index contributed by atoms with van der Waals surface area (Å²) in [5, 5.41) is 2.46. The highest BCUT2D eigenvalue weighted by Crippen LogP contribution is 2.28. The molecule has 0 radical (unpaired) electrons. The molecule has 0 saturated carbocycles. The molecule has 33 heavy (non-hydrogen) atoms. The van der Waals surface area contributed by atoms with Crippen molar-refractivity contribution >= 4 is 5.91 Å². The van der Waals surface area contributed by atoms with E-state index in [4.69, 9.17) is 4.74 Å². The minimum absolute atomic E-state index is 0.0417. The summed E-state index contributed by atoms with van der Waals surface area (Å²) in [5.74, 6) is -4.09. The van der Waals surface area contributed by atoms with Crippen LogP contribution in [0, 0.1) is 11.6 Å². The van der Waals surface area contributed by atoms with Gasteiger partial charge < -0.3 is 19.8 Å². The second-order valence-electron chi connectivity index (χ2n) is 6.68. The largest absolute Gasteiger partial charge is 0.573 e. The Morgan fingerprint density at radius 3 is 2.48 bits per heavy atom. The van der Waals surface area contributed by atoms with E-state index in [2.05, 4.69) is 20.0 Å². The van der Waals surface area contributed by atoms with Gasteiger partial charge in [0.15, 0.2) is 11.6 Å². The van der Waals surface area contributed by atoms with Gasteiger partial charge in [0.1, 0.15) is 17.3 Å². The van der Waals surface area contributed by atoms with E-state index in [0.29, 0.717) is 0 Å². The first kappa shape index (κ1) is 23.9. The zero-order valence-corrected chi connectivity index (χ0v) is 16.9. The third-order valence-corrected chi connectivity index (χ3v) is 4.33. The quantitative estimate of drug-likeness (QED) is 0.515. The van der Waals surface area contributed by atoms with Crippen molar-refractivity contribution in [3.05, 3.63) is 81.8 Å². The van der Waals surface area contributed by atoms with Crippen molar-refractivity contribution in [3.63, 3.8) is 0 Å². The smallest absolute Gasteiger partial charge is 0.403 e. The molecule has 0 fully saturated rings. The number of hydrogen-bond acceptors (Lipinski definition) is 5. The minimum Gasteiger partial charge on any atom is -0.403 e. The van der Waals surface area contributed by atoms with Crippen molar-refractivity contribution in [1.29, 1.82) is 0 Å². The van der Waals surface area contributed by atoms with Gasteiger partial charge in [-0.1, -0.05) is 18.2 Å². The van der Waals surface area contributed by atoms with Crippen LogP contribution in [0.1, 0.15) is 22.1 Å². The number of benzene rings is 2. The molecule has 1 atom stereocenters. The molecule has 0 bridgehead atoms. The molecular formula is C21H16F5N3O4. The number of aromatic nitrogens is 2. The van der Waals surface area contributed by atoms with Gasteiger partial charge in [-0.05, 0) is 29.8 Å². The topological polar surface area (TPSA) is 93.3 Å². The molecule has 7 nitrogen and oxygen atoms in total. The lowest BCUT2D eigenvalue weighted by molar-refractivity contribution is -0.275. The van der Waals surface area contributed by atoms with E-state index in [9.17, 15) is 31.5 Å². The number of aromatic amines is 1. The van der Waals surface area contributed by atoms with E-state index in [0.717, 1.165) is 30.3 Å². The van der Waals surface area contributed by atoms with Crippen molar-refractivity contribution < 1.29 is 36.2 Å². The Kier molecular flexibility index (Phi) is 7.07. The van der Waals surface area contributed by atoms with E-state index < -0.39 is 41.3 Å². The first-order valence-corrected chi connectivity index (χ1v) is 9.28. The number of carbonyl (C=O) groups excluding carboxylic acids is 1. The van der Waals surface area contributed by atoms with Crippen LogP contribution in [0.15, 0.2) is 53.3 Å². The van der Waals surface area contributed by atoms with Crippen molar-refractivity contribution in [2.45, 2.75) is 12.4 Å². The highest BCUT2D eigenvalue weighted by atomic mass is 19.4.